The molecule has 154 valence electrons. The van der Waals surface area contributed by atoms with Gasteiger partial charge < -0.3 is 23.8 Å². The molecule has 1 aromatic carbocycles. The molecular weight excluding hydrogens is 378 g/mol. The lowest BCUT2D eigenvalue weighted by Gasteiger charge is -2.15. The largest absolute Gasteiger partial charge is 0.465 e. The van der Waals surface area contributed by atoms with Crippen molar-refractivity contribution in [2.75, 3.05) is 31.8 Å². The van der Waals surface area contributed by atoms with Gasteiger partial charge in [-0.05, 0) is 32.1 Å². The van der Waals surface area contributed by atoms with Crippen LogP contribution in [0.25, 0.3) is 0 Å². The van der Waals surface area contributed by atoms with Gasteiger partial charge in [-0.3, -0.25) is 0 Å². The Kier molecular flexibility index (Phi) is 7.59. The van der Waals surface area contributed by atoms with Crippen molar-refractivity contribution in [1.29, 1.82) is 0 Å². The highest BCUT2D eigenvalue weighted by atomic mass is 16.6. The van der Waals surface area contributed by atoms with Crippen LogP contribution in [-0.4, -0.2) is 44.8 Å². The van der Waals surface area contributed by atoms with E-state index < -0.39 is 17.9 Å². The van der Waals surface area contributed by atoms with Gasteiger partial charge in [0.05, 0.1) is 12.8 Å². The average molecular weight is 401 g/mol. The number of anilines is 1. The lowest BCUT2D eigenvalue weighted by Crippen LogP contribution is -2.21. The molecule has 0 aromatic heterocycles. The van der Waals surface area contributed by atoms with Gasteiger partial charge in [0.2, 0.25) is 5.88 Å². The SMILES string of the molecule is C=C(C)C(=O)OCCOC(=O)/C(=C/C=C1\Oc2ccccc2N1CC)C(=O)OC. The fraction of sp³-hybridized carbons (Fsp3) is 0.286. The Morgan fingerprint density at radius 2 is 1.76 bits per heavy atom. The van der Waals surface area contributed by atoms with Crippen molar-refractivity contribution in [2.24, 2.45) is 0 Å². The van der Waals surface area contributed by atoms with Crippen LogP contribution in [-0.2, 0) is 28.6 Å². The number of allylic oxidation sites excluding steroid dienone is 2. The van der Waals surface area contributed by atoms with Gasteiger partial charge in [-0.15, -0.1) is 0 Å². The summed E-state index contributed by atoms with van der Waals surface area (Å²) in [5.74, 6) is -1.22. The Hall–Kier alpha value is -3.55. The minimum absolute atomic E-state index is 0.158. The normalized spacial score (nSPS) is 14.1. The van der Waals surface area contributed by atoms with Crippen molar-refractivity contribution in [1.82, 2.24) is 0 Å². The Morgan fingerprint density at radius 3 is 2.38 bits per heavy atom. The second-order valence-electron chi connectivity index (χ2n) is 5.94. The van der Waals surface area contributed by atoms with Gasteiger partial charge in [-0.25, -0.2) is 14.4 Å². The number of nitrogens with zero attached hydrogens (tertiary/aromatic N) is 1. The number of benzene rings is 1. The zero-order valence-corrected chi connectivity index (χ0v) is 16.6. The van der Waals surface area contributed by atoms with Crippen LogP contribution in [0, 0.1) is 0 Å². The molecule has 1 aliphatic heterocycles. The van der Waals surface area contributed by atoms with E-state index >= 15 is 0 Å². The van der Waals surface area contributed by atoms with Gasteiger partial charge >= 0.3 is 17.9 Å². The summed E-state index contributed by atoms with van der Waals surface area (Å²) in [7, 11) is 1.16. The van der Waals surface area contributed by atoms with Gasteiger partial charge in [0.15, 0.2) is 5.75 Å². The number of rotatable bonds is 8. The third-order valence-electron chi connectivity index (χ3n) is 3.87. The van der Waals surface area contributed by atoms with Crippen LogP contribution in [0.5, 0.6) is 5.75 Å². The summed E-state index contributed by atoms with van der Waals surface area (Å²) < 4.78 is 20.2. The summed E-state index contributed by atoms with van der Waals surface area (Å²) in [6, 6.07) is 7.47. The Labute approximate surface area is 169 Å². The molecule has 0 saturated heterocycles. The van der Waals surface area contributed by atoms with E-state index in [-0.39, 0.29) is 24.4 Å². The first-order chi connectivity index (χ1) is 13.9. The summed E-state index contributed by atoms with van der Waals surface area (Å²) in [6.45, 7) is 7.15. The third-order valence-corrected chi connectivity index (χ3v) is 3.87. The zero-order valence-electron chi connectivity index (χ0n) is 16.6. The van der Waals surface area contributed by atoms with Gasteiger partial charge in [-0.2, -0.15) is 0 Å². The molecule has 8 heteroatoms. The number of carbonyl (C=O) groups excluding carboxylic acids is 3. The molecule has 0 atom stereocenters. The number of methoxy groups -OCH3 is 1. The van der Waals surface area contributed by atoms with Crippen LogP contribution in [0.2, 0.25) is 0 Å². The smallest absolute Gasteiger partial charge is 0.345 e. The van der Waals surface area contributed by atoms with E-state index in [9.17, 15) is 14.4 Å². The van der Waals surface area contributed by atoms with E-state index in [0.717, 1.165) is 12.8 Å². The minimum Gasteiger partial charge on any atom is -0.465 e. The van der Waals surface area contributed by atoms with E-state index in [4.69, 9.17) is 14.2 Å². The lowest BCUT2D eigenvalue weighted by molar-refractivity contribution is -0.150. The quantitative estimate of drug-likeness (QED) is 0.164. The maximum absolute atomic E-state index is 12.3. The van der Waals surface area contributed by atoms with Gasteiger partial charge in [0.25, 0.3) is 0 Å². The Bertz CT molecular complexity index is 870. The third kappa shape index (κ3) is 5.47. The predicted molar refractivity (Wildman–Crippen MR) is 105 cm³/mol. The average Bonchev–Trinajstić information content (AvgIpc) is 3.08. The first-order valence-corrected chi connectivity index (χ1v) is 8.93. The molecule has 0 N–H and O–H groups in total. The Morgan fingerprint density at radius 1 is 1.10 bits per heavy atom. The molecule has 0 fully saturated rings. The highest BCUT2D eigenvalue weighted by Gasteiger charge is 2.25. The summed E-state index contributed by atoms with van der Waals surface area (Å²) in [4.78, 5) is 37.4. The monoisotopic (exact) mass is 401 g/mol. The van der Waals surface area contributed by atoms with Gasteiger partial charge in [0.1, 0.15) is 18.8 Å². The molecule has 0 aliphatic carbocycles. The minimum atomic E-state index is -0.904. The van der Waals surface area contributed by atoms with Crippen LogP contribution in [0.15, 0.2) is 60.0 Å². The van der Waals surface area contributed by atoms with Crippen molar-refractivity contribution in [3.05, 3.63) is 60.0 Å². The molecule has 1 aliphatic rings. The van der Waals surface area contributed by atoms with Crippen LogP contribution in [0.3, 0.4) is 0 Å². The van der Waals surface area contributed by atoms with Crippen LogP contribution >= 0.6 is 0 Å². The molecule has 1 aromatic rings. The zero-order chi connectivity index (χ0) is 21.4. The van der Waals surface area contributed by atoms with E-state index in [1.807, 2.05) is 36.1 Å². The van der Waals surface area contributed by atoms with Gasteiger partial charge in [0, 0.05) is 18.2 Å². The molecule has 29 heavy (non-hydrogen) atoms. The molecule has 0 amide bonds. The molecular formula is C21H23NO7. The topological polar surface area (TPSA) is 91.4 Å². The first kappa shape index (κ1) is 21.7. The van der Waals surface area contributed by atoms with Gasteiger partial charge in [-0.1, -0.05) is 18.7 Å². The number of fused-ring (bicyclic) bond motifs is 1. The highest BCUT2D eigenvalue weighted by Crippen LogP contribution is 2.38. The van der Waals surface area contributed by atoms with E-state index in [1.165, 1.54) is 19.1 Å². The summed E-state index contributed by atoms with van der Waals surface area (Å²) >= 11 is 0. The van der Waals surface area contributed by atoms with E-state index in [1.54, 1.807) is 0 Å². The fourth-order valence-corrected chi connectivity index (χ4v) is 2.46. The fourth-order valence-electron chi connectivity index (χ4n) is 2.46. The second-order valence-corrected chi connectivity index (χ2v) is 5.94. The predicted octanol–water partition coefficient (Wildman–Crippen LogP) is 2.51. The molecule has 0 saturated carbocycles. The summed E-state index contributed by atoms with van der Waals surface area (Å²) in [5, 5.41) is 0. The van der Waals surface area contributed by atoms with E-state index in [2.05, 4.69) is 11.3 Å². The molecule has 1 heterocycles. The Balaban J connectivity index is 2.10. The van der Waals surface area contributed by atoms with Crippen LogP contribution in [0.1, 0.15) is 13.8 Å². The van der Waals surface area contributed by atoms with Crippen molar-refractivity contribution < 1.29 is 33.3 Å². The summed E-state index contributed by atoms with van der Waals surface area (Å²) in [6.07, 6.45) is 2.77. The van der Waals surface area contributed by atoms with Crippen molar-refractivity contribution in [2.45, 2.75) is 13.8 Å². The van der Waals surface area contributed by atoms with Crippen molar-refractivity contribution in [3.63, 3.8) is 0 Å². The number of hydrogen-bond acceptors (Lipinski definition) is 8. The number of para-hydroxylation sites is 2. The lowest BCUT2D eigenvalue weighted by atomic mass is 10.2. The van der Waals surface area contributed by atoms with E-state index in [0.29, 0.717) is 18.2 Å². The molecule has 0 spiro atoms. The number of esters is 3. The second kappa shape index (κ2) is 10.1. The maximum atomic E-state index is 12.3. The molecule has 8 nitrogen and oxygen atoms in total. The molecule has 2 rings (SSSR count). The van der Waals surface area contributed by atoms with Crippen LogP contribution < -0.4 is 9.64 Å². The first-order valence-electron chi connectivity index (χ1n) is 8.93. The molecule has 0 radical (unpaired) electrons. The van der Waals surface area contributed by atoms with Crippen LogP contribution in [0.4, 0.5) is 5.69 Å². The standard InChI is InChI=1S/C21H23NO7/c1-5-22-16-8-6-7-9-17(16)29-18(22)11-10-15(20(24)26-4)21(25)28-13-12-27-19(23)14(2)3/h6-11H,2,5,12-13H2,1,3-4H3/b15-10+,18-11-. The number of hydrogen-bond donors (Lipinski definition) is 0. The number of carbonyl (C=O) groups is 3. The molecule has 0 bridgehead atoms. The molecule has 0 unspecified atom stereocenters. The maximum Gasteiger partial charge on any atom is 0.345 e. The van der Waals surface area contributed by atoms with Crippen molar-refractivity contribution >= 4 is 23.6 Å². The summed E-state index contributed by atoms with van der Waals surface area (Å²) in [5.41, 5.74) is 0.800. The number of ether oxygens (including phenoxy) is 4. The van der Waals surface area contributed by atoms with Crippen molar-refractivity contribution in [3.8, 4) is 5.75 Å². The highest BCUT2D eigenvalue weighted by molar-refractivity contribution is 6.14.